The Morgan fingerprint density at radius 3 is 1.83 bits per heavy atom. The van der Waals surface area contributed by atoms with Gasteiger partial charge in [-0.1, -0.05) is 60.7 Å². The van der Waals surface area contributed by atoms with Crippen molar-refractivity contribution in [3.05, 3.63) is 71.8 Å². The molecule has 0 saturated heterocycles. The van der Waals surface area contributed by atoms with Gasteiger partial charge in [0.05, 0.1) is 0 Å². The van der Waals surface area contributed by atoms with Crippen LogP contribution in [-0.4, -0.2) is 9.79 Å². The Bertz CT molecular complexity index is 723. The molecule has 0 radical (unpaired) electrons. The van der Waals surface area contributed by atoms with Crippen molar-refractivity contribution in [3.63, 3.8) is 0 Å². The molecule has 0 aliphatic heterocycles. The molecule has 0 aromatic heterocycles. The third kappa shape index (κ3) is 7.55. The summed E-state index contributed by atoms with van der Waals surface area (Å²) in [6.07, 6.45) is 0. The first-order valence-corrected chi connectivity index (χ1v) is 12.3. The molecule has 0 amide bonds. The van der Waals surface area contributed by atoms with Gasteiger partial charge in [-0.2, -0.15) is 4.31 Å². The van der Waals surface area contributed by atoms with E-state index in [0.717, 1.165) is 34.6 Å². The summed E-state index contributed by atoms with van der Waals surface area (Å²) in [5, 5.41) is 0. The van der Waals surface area contributed by atoms with Gasteiger partial charge in [0.2, 0.25) is 0 Å². The van der Waals surface area contributed by atoms with Crippen molar-refractivity contribution in [2.45, 2.75) is 11.5 Å². The first kappa shape index (κ1) is 19.8. The Kier molecular flexibility index (Phi) is 7.60. The molecule has 2 N–H and O–H groups in total. The van der Waals surface area contributed by atoms with E-state index in [0.29, 0.717) is 5.75 Å². The van der Waals surface area contributed by atoms with E-state index in [1.807, 2.05) is 60.7 Å². The van der Waals surface area contributed by atoms with E-state index in [2.05, 4.69) is 4.31 Å². The van der Waals surface area contributed by atoms with Gasteiger partial charge in [-0.3, -0.25) is 0 Å². The molecule has 0 bridgehead atoms. The number of rotatable bonds is 9. The zero-order chi connectivity index (χ0) is 17.5. The second kappa shape index (κ2) is 9.22. The second-order valence-electron chi connectivity index (χ2n) is 4.60. The van der Waals surface area contributed by atoms with Crippen LogP contribution in [0.5, 0.6) is 0 Å². The molecule has 0 aliphatic rings. The predicted molar refractivity (Wildman–Crippen MR) is 97.3 cm³/mol. The largest absolute Gasteiger partial charge is 0.477 e. The van der Waals surface area contributed by atoms with Crippen LogP contribution in [0.25, 0.3) is 0 Å². The van der Waals surface area contributed by atoms with Crippen LogP contribution in [-0.2, 0) is 28.9 Å². The minimum atomic E-state index is -4.94. The maximum absolute atomic E-state index is 12.6. The molecule has 0 fully saturated rings. The third-order valence-electron chi connectivity index (χ3n) is 2.65. The van der Waals surface area contributed by atoms with Crippen LogP contribution < -0.4 is 0 Å². The highest BCUT2D eigenvalue weighted by atomic mass is 32.7. The van der Waals surface area contributed by atoms with E-state index >= 15 is 0 Å². The Balaban J connectivity index is 1.97. The second-order valence-corrected chi connectivity index (χ2v) is 10.9. The average molecular weight is 406 g/mol. The maximum Gasteiger partial charge on any atom is 0.477 e. The van der Waals surface area contributed by atoms with E-state index in [4.69, 9.17) is 13.8 Å². The van der Waals surface area contributed by atoms with Crippen LogP contribution in [0.3, 0.4) is 0 Å². The van der Waals surface area contributed by atoms with Crippen molar-refractivity contribution in [2.24, 2.45) is 0 Å². The molecular formula is C14H16O6P2S2. The zero-order valence-electron chi connectivity index (χ0n) is 12.4. The number of benzene rings is 2. The van der Waals surface area contributed by atoms with Gasteiger partial charge < -0.3 is 9.79 Å². The standard InChI is InChI=1S/C14H16O6P2S2/c15-21(16,17)19-22(18,24-12-14-9-5-2-6-10-14)20-23-11-13-7-3-1-4-8-13/h1-10H,11-12H2,(H2,15,16,17). The zero-order valence-corrected chi connectivity index (χ0v) is 15.8. The highest BCUT2D eigenvalue weighted by molar-refractivity contribution is 8.56. The fourth-order valence-corrected chi connectivity index (χ4v) is 7.86. The number of hydrogen-bond acceptors (Lipinski definition) is 6. The van der Waals surface area contributed by atoms with Crippen LogP contribution in [0.15, 0.2) is 60.7 Å². The molecule has 2 aromatic carbocycles. The summed E-state index contributed by atoms with van der Waals surface area (Å²) in [6.45, 7) is -4.03. The molecule has 0 spiro atoms. The van der Waals surface area contributed by atoms with Crippen molar-refractivity contribution in [2.75, 3.05) is 0 Å². The number of phosphoric acid groups is 1. The lowest BCUT2D eigenvalue weighted by Crippen LogP contribution is -1.89. The molecule has 0 heterocycles. The van der Waals surface area contributed by atoms with Crippen LogP contribution >= 0.6 is 38.0 Å². The summed E-state index contributed by atoms with van der Waals surface area (Å²) in [5.41, 5.74) is 1.77. The predicted octanol–water partition coefficient (Wildman–Crippen LogP) is 5.00. The van der Waals surface area contributed by atoms with E-state index < -0.39 is 14.6 Å². The van der Waals surface area contributed by atoms with Gasteiger partial charge in [0.25, 0.3) is 0 Å². The summed E-state index contributed by atoms with van der Waals surface area (Å²) >= 11 is 1.57. The Hall–Kier alpha value is -0.560. The third-order valence-corrected chi connectivity index (χ3v) is 9.17. The van der Waals surface area contributed by atoms with E-state index in [1.54, 1.807) is 0 Å². The van der Waals surface area contributed by atoms with Crippen molar-refractivity contribution in [3.8, 4) is 0 Å². The minimum Gasteiger partial charge on any atom is -0.302 e. The molecular weight excluding hydrogens is 390 g/mol. The quantitative estimate of drug-likeness (QED) is 0.444. The first-order valence-electron chi connectivity index (χ1n) is 6.77. The summed E-state index contributed by atoms with van der Waals surface area (Å²) in [6, 6.07) is 18.4. The lowest BCUT2D eigenvalue weighted by Gasteiger charge is -2.16. The summed E-state index contributed by atoms with van der Waals surface area (Å²) < 4.78 is 33.3. The van der Waals surface area contributed by atoms with Crippen LogP contribution in [0, 0.1) is 0 Å². The van der Waals surface area contributed by atoms with E-state index in [-0.39, 0.29) is 5.75 Å². The lowest BCUT2D eigenvalue weighted by molar-refractivity contribution is 0.275. The van der Waals surface area contributed by atoms with Gasteiger partial charge in [0.15, 0.2) is 0 Å². The van der Waals surface area contributed by atoms with Gasteiger partial charge >= 0.3 is 14.6 Å². The van der Waals surface area contributed by atoms with E-state index in [9.17, 15) is 9.13 Å². The molecule has 2 rings (SSSR count). The van der Waals surface area contributed by atoms with Gasteiger partial charge in [-0.05, 0) is 22.5 Å². The van der Waals surface area contributed by atoms with Gasteiger partial charge in [-0.15, -0.1) is 0 Å². The minimum absolute atomic E-state index is 0.240. The lowest BCUT2D eigenvalue weighted by atomic mass is 10.2. The van der Waals surface area contributed by atoms with Gasteiger partial charge in [0, 0.05) is 23.5 Å². The van der Waals surface area contributed by atoms with Gasteiger partial charge in [-0.25, -0.2) is 13.1 Å². The fraction of sp³-hybridized carbons (Fsp3) is 0.143. The van der Waals surface area contributed by atoms with Crippen LogP contribution in [0.4, 0.5) is 0 Å². The first-order chi connectivity index (χ1) is 11.4. The summed E-state index contributed by atoms with van der Waals surface area (Å²) in [5.74, 6) is 0.616. The Morgan fingerprint density at radius 2 is 1.33 bits per heavy atom. The molecule has 2 aromatic rings. The highest BCUT2D eigenvalue weighted by Gasteiger charge is 2.35. The molecule has 6 nitrogen and oxygen atoms in total. The molecule has 0 aliphatic carbocycles. The van der Waals surface area contributed by atoms with Crippen LogP contribution in [0.1, 0.15) is 11.1 Å². The van der Waals surface area contributed by atoms with Crippen molar-refractivity contribution in [1.29, 1.82) is 0 Å². The Morgan fingerprint density at radius 1 is 0.833 bits per heavy atom. The van der Waals surface area contributed by atoms with Crippen molar-refractivity contribution < 1.29 is 27.2 Å². The topological polar surface area (TPSA) is 93.1 Å². The van der Waals surface area contributed by atoms with Crippen molar-refractivity contribution in [1.82, 2.24) is 0 Å². The molecule has 24 heavy (non-hydrogen) atoms. The molecule has 130 valence electrons. The SMILES string of the molecule is O=P(O)(O)OP(=O)(OSCc1ccccc1)SCc1ccccc1. The van der Waals surface area contributed by atoms with Gasteiger partial charge in [0.1, 0.15) is 0 Å². The molecule has 1 atom stereocenters. The summed E-state index contributed by atoms with van der Waals surface area (Å²) in [7, 11) is -4.94. The molecule has 10 heteroatoms. The average Bonchev–Trinajstić information content (AvgIpc) is 2.53. The molecule has 1 unspecified atom stereocenters. The van der Waals surface area contributed by atoms with E-state index in [1.165, 1.54) is 0 Å². The summed E-state index contributed by atoms with van der Waals surface area (Å²) in [4.78, 5) is 18.0. The van der Waals surface area contributed by atoms with Crippen molar-refractivity contribution >= 4 is 38.0 Å². The van der Waals surface area contributed by atoms with Crippen LogP contribution in [0.2, 0.25) is 0 Å². The number of hydrogen-bond donors (Lipinski definition) is 2. The fourth-order valence-electron chi connectivity index (χ4n) is 1.65. The highest BCUT2D eigenvalue weighted by Crippen LogP contribution is 2.71. The molecule has 0 saturated carbocycles. The maximum atomic E-state index is 12.6. The Labute approximate surface area is 148 Å². The normalized spacial score (nSPS) is 14.2. The smallest absolute Gasteiger partial charge is 0.302 e. The monoisotopic (exact) mass is 406 g/mol.